The number of anilines is 1. The highest BCUT2D eigenvalue weighted by molar-refractivity contribution is 7.13. The molecule has 0 fully saturated rings. The molecule has 7 heteroatoms. The van der Waals surface area contributed by atoms with Gasteiger partial charge in [0, 0.05) is 24.2 Å². The van der Waals surface area contributed by atoms with Gasteiger partial charge in [0.15, 0.2) is 0 Å². The first-order valence-corrected chi connectivity index (χ1v) is 7.99. The van der Waals surface area contributed by atoms with Crippen molar-refractivity contribution in [3.63, 3.8) is 0 Å². The van der Waals surface area contributed by atoms with E-state index in [0.717, 1.165) is 12.0 Å². The molecule has 1 aromatic carbocycles. The lowest BCUT2D eigenvalue weighted by Crippen LogP contribution is -2.11. The SMILES string of the molecule is CCc1ccc(F)c(-c2nc(C(=O)Nc3cnn(C)c3)cs2)c1. The second-order valence-electron chi connectivity index (χ2n) is 5.06. The number of hydrogen-bond acceptors (Lipinski definition) is 4. The number of carbonyl (C=O) groups excluding carboxylic acids is 1. The molecule has 0 aliphatic carbocycles. The summed E-state index contributed by atoms with van der Waals surface area (Å²) in [5.41, 5.74) is 2.30. The Morgan fingerprint density at radius 2 is 2.26 bits per heavy atom. The van der Waals surface area contributed by atoms with Gasteiger partial charge in [0.25, 0.3) is 5.91 Å². The fraction of sp³-hybridized carbons (Fsp3) is 0.188. The zero-order valence-corrected chi connectivity index (χ0v) is 13.5. The van der Waals surface area contributed by atoms with Crippen LogP contribution in [-0.4, -0.2) is 20.7 Å². The Balaban J connectivity index is 1.84. The van der Waals surface area contributed by atoms with E-state index in [-0.39, 0.29) is 17.4 Å². The number of hydrogen-bond donors (Lipinski definition) is 1. The Morgan fingerprint density at radius 1 is 1.43 bits per heavy atom. The van der Waals surface area contributed by atoms with Gasteiger partial charge in [-0.3, -0.25) is 9.48 Å². The average molecular weight is 330 g/mol. The van der Waals surface area contributed by atoms with Gasteiger partial charge >= 0.3 is 0 Å². The predicted octanol–water partition coefficient (Wildman–Crippen LogP) is 3.50. The van der Waals surface area contributed by atoms with Gasteiger partial charge in [0.1, 0.15) is 16.5 Å². The summed E-state index contributed by atoms with van der Waals surface area (Å²) >= 11 is 1.25. The van der Waals surface area contributed by atoms with Gasteiger partial charge in [0.2, 0.25) is 0 Å². The normalized spacial score (nSPS) is 10.7. The van der Waals surface area contributed by atoms with Crippen LogP contribution in [0.2, 0.25) is 0 Å². The van der Waals surface area contributed by atoms with Gasteiger partial charge in [0.05, 0.1) is 11.9 Å². The number of rotatable bonds is 4. The van der Waals surface area contributed by atoms with E-state index in [9.17, 15) is 9.18 Å². The van der Waals surface area contributed by atoms with Crippen LogP contribution < -0.4 is 5.32 Å². The summed E-state index contributed by atoms with van der Waals surface area (Å²) in [5.74, 6) is -0.677. The van der Waals surface area contributed by atoms with Crippen molar-refractivity contribution in [1.82, 2.24) is 14.8 Å². The summed E-state index contributed by atoms with van der Waals surface area (Å²) in [7, 11) is 1.76. The number of nitrogens with one attached hydrogen (secondary N) is 1. The van der Waals surface area contributed by atoms with Crippen molar-refractivity contribution in [2.45, 2.75) is 13.3 Å². The third-order valence-electron chi connectivity index (χ3n) is 3.37. The number of thiazole rings is 1. The highest BCUT2D eigenvalue weighted by atomic mass is 32.1. The summed E-state index contributed by atoms with van der Waals surface area (Å²) < 4.78 is 15.6. The van der Waals surface area contributed by atoms with Crippen molar-refractivity contribution < 1.29 is 9.18 Å². The maximum atomic E-state index is 14.0. The van der Waals surface area contributed by atoms with Crippen molar-refractivity contribution in [1.29, 1.82) is 0 Å². The van der Waals surface area contributed by atoms with Gasteiger partial charge in [-0.25, -0.2) is 9.37 Å². The second-order valence-corrected chi connectivity index (χ2v) is 5.92. The predicted molar refractivity (Wildman–Crippen MR) is 88.0 cm³/mol. The first-order valence-electron chi connectivity index (χ1n) is 7.11. The molecule has 3 aromatic rings. The van der Waals surface area contributed by atoms with Crippen LogP contribution in [-0.2, 0) is 13.5 Å². The van der Waals surface area contributed by atoms with Gasteiger partial charge in [-0.1, -0.05) is 13.0 Å². The maximum absolute atomic E-state index is 14.0. The molecule has 0 saturated heterocycles. The molecule has 5 nitrogen and oxygen atoms in total. The van der Waals surface area contributed by atoms with Crippen LogP contribution in [0, 0.1) is 5.82 Å². The van der Waals surface area contributed by atoms with Gasteiger partial charge < -0.3 is 5.32 Å². The second kappa shape index (κ2) is 6.29. The topological polar surface area (TPSA) is 59.8 Å². The average Bonchev–Trinajstić information content (AvgIpc) is 3.17. The van der Waals surface area contributed by atoms with Crippen LogP contribution >= 0.6 is 11.3 Å². The molecule has 118 valence electrons. The molecular formula is C16H15FN4OS. The molecular weight excluding hydrogens is 315 g/mol. The molecule has 0 radical (unpaired) electrons. The molecule has 0 saturated carbocycles. The van der Waals surface area contributed by atoms with E-state index in [1.807, 2.05) is 6.92 Å². The molecule has 0 spiro atoms. The molecule has 2 aromatic heterocycles. The van der Waals surface area contributed by atoms with E-state index < -0.39 is 0 Å². The Hall–Kier alpha value is -2.54. The Bertz CT molecular complexity index is 855. The molecule has 2 heterocycles. The first-order chi connectivity index (χ1) is 11.1. The third-order valence-corrected chi connectivity index (χ3v) is 4.24. The molecule has 0 bridgehead atoms. The fourth-order valence-corrected chi connectivity index (χ4v) is 2.96. The molecule has 3 rings (SSSR count). The summed E-state index contributed by atoms with van der Waals surface area (Å²) in [6, 6.07) is 4.96. The number of aryl methyl sites for hydroxylation is 2. The van der Waals surface area contributed by atoms with E-state index in [0.29, 0.717) is 16.3 Å². The quantitative estimate of drug-likeness (QED) is 0.796. The molecule has 23 heavy (non-hydrogen) atoms. The van der Waals surface area contributed by atoms with Crippen molar-refractivity contribution in [3.05, 3.63) is 53.0 Å². The highest BCUT2D eigenvalue weighted by Crippen LogP contribution is 2.27. The zero-order chi connectivity index (χ0) is 16.4. The lowest BCUT2D eigenvalue weighted by molar-refractivity contribution is 0.102. The van der Waals surface area contributed by atoms with Crippen LogP contribution in [0.15, 0.2) is 36.0 Å². The van der Waals surface area contributed by atoms with Crippen LogP contribution in [0.25, 0.3) is 10.6 Å². The minimum absolute atomic E-state index is 0.259. The van der Waals surface area contributed by atoms with E-state index in [4.69, 9.17) is 0 Å². The number of amides is 1. The summed E-state index contributed by atoms with van der Waals surface area (Å²) in [4.78, 5) is 16.4. The largest absolute Gasteiger partial charge is 0.318 e. The number of halogens is 1. The van der Waals surface area contributed by atoms with Crippen molar-refractivity contribution in [3.8, 4) is 10.6 Å². The molecule has 1 N–H and O–H groups in total. The van der Waals surface area contributed by atoms with E-state index in [2.05, 4.69) is 15.4 Å². The summed E-state index contributed by atoms with van der Waals surface area (Å²) in [6.45, 7) is 2.01. The molecule has 0 atom stereocenters. The number of carbonyl (C=O) groups is 1. The van der Waals surface area contributed by atoms with Gasteiger partial charge in [-0.15, -0.1) is 11.3 Å². The van der Waals surface area contributed by atoms with Crippen LogP contribution in [0.4, 0.5) is 10.1 Å². The molecule has 1 amide bonds. The minimum atomic E-state index is -0.340. The smallest absolute Gasteiger partial charge is 0.275 e. The van der Waals surface area contributed by atoms with Crippen molar-refractivity contribution in [2.75, 3.05) is 5.32 Å². The number of benzene rings is 1. The fourth-order valence-electron chi connectivity index (χ4n) is 2.14. The highest BCUT2D eigenvalue weighted by Gasteiger charge is 2.15. The van der Waals surface area contributed by atoms with E-state index in [1.54, 1.807) is 41.6 Å². The first kappa shape index (κ1) is 15.4. The number of nitrogens with zero attached hydrogens (tertiary/aromatic N) is 3. The van der Waals surface area contributed by atoms with E-state index >= 15 is 0 Å². The Morgan fingerprint density at radius 3 is 2.96 bits per heavy atom. The summed E-state index contributed by atoms with van der Waals surface area (Å²) in [5, 5.41) is 8.81. The Kier molecular flexibility index (Phi) is 4.20. The lowest BCUT2D eigenvalue weighted by Gasteiger charge is -2.02. The van der Waals surface area contributed by atoms with Crippen LogP contribution in [0.5, 0.6) is 0 Å². The molecule has 0 aliphatic rings. The Labute approximate surface area is 136 Å². The number of aromatic nitrogens is 3. The zero-order valence-electron chi connectivity index (χ0n) is 12.7. The standard InChI is InChI=1S/C16H15FN4OS/c1-3-10-4-5-13(17)12(6-10)16-20-14(9-23-16)15(22)19-11-7-18-21(2)8-11/h4-9H,3H2,1-2H3,(H,19,22). The lowest BCUT2D eigenvalue weighted by atomic mass is 10.1. The molecule has 0 unspecified atom stereocenters. The van der Waals surface area contributed by atoms with Gasteiger partial charge in [-0.2, -0.15) is 5.10 Å². The van der Waals surface area contributed by atoms with Gasteiger partial charge in [-0.05, 0) is 24.1 Å². The van der Waals surface area contributed by atoms with Crippen molar-refractivity contribution >= 4 is 22.9 Å². The third kappa shape index (κ3) is 3.29. The molecule has 0 aliphatic heterocycles. The maximum Gasteiger partial charge on any atom is 0.275 e. The van der Waals surface area contributed by atoms with Crippen LogP contribution in [0.3, 0.4) is 0 Å². The summed E-state index contributed by atoms with van der Waals surface area (Å²) in [6.07, 6.45) is 4.05. The monoisotopic (exact) mass is 330 g/mol. The van der Waals surface area contributed by atoms with Crippen molar-refractivity contribution in [2.24, 2.45) is 7.05 Å². The minimum Gasteiger partial charge on any atom is -0.318 e. The van der Waals surface area contributed by atoms with Crippen LogP contribution in [0.1, 0.15) is 23.0 Å². The van der Waals surface area contributed by atoms with E-state index in [1.165, 1.54) is 17.4 Å².